The number of rotatable bonds is 8. The van der Waals surface area contributed by atoms with Gasteiger partial charge >= 0.3 is 0 Å². The number of carbonyl (C=O) groups is 2. The molecule has 0 aliphatic carbocycles. The van der Waals surface area contributed by atoms with E-state index in [2.05, 4.69) is 10.3 Å². The Kier molecular flexibility index (Phi) is 5.98. The molecule has 1 aromatic heterocycles. The number of pyridine rings is 1. The molecule has 27 heavy (non-hydrogen) atoms. The Balaban J connectivity index is 1.53. The van der Waals surface area contributed by atoms with Crippen molar-refractivity contribution in [2.24, 2.45) is 0 Å². The van der Waals surface area contributed by atoms with Crippen LogP contribution in [0.25, 0.3) is 0 Å². The van der Waals surface area contributed by atoms with Crippen LogP contribution < -0.4 is 15.0 Å². The first kappa shape index (κ1) is 19.2. The highest BCUT2D eigenvalue weighted by molar-refractivity contribution is 8.15. The van der Waals surface area contributed by atoms with Crippen molar-refractivity contribution in [1.29, 1.82) is 0 Å². The number of aromatic nitrogens is 1. The largest absolute Gasteiger partial charge is 0.492 e. The molecule has 3 rings (SSSR count). The van der Waals surface area contributed by atoms with Crippen molar-refractivity contribution >= 4 is 28.7 Å². The van der Waals surface area contributed by atoms with E-state index in [9.17, 15) is 9.59 Å². The number of imide groups is 1. The van der Waals surface area contributed by atoms with E-state index >= 15 is 0 Å². The van der Waals surface area contributed by atoms with Gasteiger partial charge in [-0.3, -0.25) is 14.9 Å². The first-order valence-electron chi connectivity index (χ1n) is 8.46. The Morgan fingerprint density at radius 1 is 1.19 bits per heavy atom. The van der Waals surface area contributed by atoms with Crippen LogP contribution in [0.15, 0.2) is 48.7 Å². The third-order valence-electron chi connectivity index (χ3n) is 4.24. The number of carbonyl (C=O) groups excluding carboxylic acids is 2. The van der Waals surface area contributed by atoms with Crippen molar-refractivity contribution in [1.82, 2.24) is 10.3 Å². The minimum Gasteiger partial charge on any atom is -0.492 e. The summed E-state index contributed by atoms with van der Waals surface area (Å²) >= 11 is 0.871. The lowest BCUT2D eigenvalue weighted by molar-refractivity contribution is -0.131. The summed E-state index contributed by atoms with van der Waals surface area (Å²) < 4.78 is 11.1. The van der Waals surface area contributed by atoms with E-state index in [1.54, 1.807) is 6.20 Å². The number of nitrogens with zero attached hydrogens (tertiary/aromatic N) is 2. The summed E-state index contributed by atoms with van der Waals surface area (Å²) in [6.45, 7) is 1.21. The Hall–Kier alpha value is -2.58. The summed E-state index contributed by atoms with van der Waals surface area (Å²) in [6, 6.07) is 13.2. The number of amides is 2. The Labute approximate surface area is 162 Å². The van der Waals surface area contributed by atoms with Crippen molar-refractivity contribution in [3.63, 3.8) is 0 Å². The highest BCUT2D eigenvalue weighted by Crippen LogP contribution is 2.36. The molecule has 0 bridgehead atoms. The van der Waals surface area contributed by atoms with Crippen LogP contribution >= 0.6 is 11.8 Å². The fourth-order valence-corrected chi connectivity index (χ4v) is 3.61. The molecule has 1 aliphatic rings. The van der Waals surface area contributed by atoms with Crippen LogP contribution in [0.3, 0.4) is 0 Å². The van der Waals surface area contributed by atoms with Crippen LogP contribution in [-0.2, 0) is 16.0 Å². The average Bonchev–Trinajstić information content (AvgIpc) is 2.97. The molecule has 1 aliphatic heterocycles. The topological polar surface area (TPSA) is 80.8 Å². The number of anilines is 1. The molecule has 1 aromatic carbocycles. The van der Waals surface area contributed by atoms with E-state index in [1.165, 1.54) is 7.11 Å². The molecule has 1 unspecified atom stereocenters. The SMILES string of the molecule is COC1(Cc2ccc(OCCN(C)c3ccccn3)cc2)SC(=O)NC1=O. The third kappa shape index (κ3) is 4.58. The van der Waals surface area contributed by atoms with Gasteiger partial charge in [0.2, 0.25) is 4.93 Å². The van der Waals surface area contributed by atoms with Gasteiger partial charge in [-0.15, -0.1) is 0 Å². The molecule has 7 nitrogen and oxygen atoms in total. The minimum absolute atomic E-state index is 0.300. The summed E-state index contributed by atoms with van der Waals surface area (Å²) in [7, 11) is 3.39. The first-order valence-corrected chi connectivity index (χ1v) is 9.27. The van der Waals surface area contributed by atoms with Gasteiger partial charge in [0, 0.05) is 26.8 Å². The summed E-state index contributed by atoms with van der Waals surface area (Å²) in [4.78, 5) is 28.6. The summed E-state index contributed by atoms with van der Waals surface area (Å²) in [6.07, 6.45) is 2.06. The lowest BCUT2D eigenvalue weighted by atomic mass is 10.1. The molecule has 142 valence electrons. The van der Waals surface area contributed by atoms with Crippen LogP contribution in [0.5, 0.6) is 5.75 Å². The Morgan fingerprint density at radius 3 is 2.56 bits per heavy atom. The predicted molar refractivity (Wildman–Crippen MR) is 104 cm³/mol. The maximum Gasteiger partial charge on any atom is 0.289 e. The van der Waals surface area contributed by atoms with Crippen molar-refractivity contribution in [2.75, 3.05) is 32.2 Å². The molecule has 2 heterocycles. The average molecular weight is 387 g/mol. The first-order chi connectivity index (χ1) is 13.0. The van der Waals surface area contributed by atoms with Gasteiger partial charge in [-0.1, -0.05) is 18.2 Å². The number of methoxy groups -OCH3 is 1. The second kappa shape index (κ2) is 8.41. The fraction of sp³-hybridized carbons (Fsp3) is 0.316. The molecule has 1 atom stereocenters. The van der Waals surface area contributed by atoms with E-state index in [1.807, 2.05) is 54.4 Å². The van der Waals surface area contributed by atoms with Crippen LogP contribution in [0.2, 0.25) is 0 Å². The second-order valence-corrected chi connectivity index (χ2v) is 7.31. The van der Waals surface area contributed by atoms with Gasteiger partial charge in [-0.05, 0) is 41.6 Å². The van der Waals surface area contributed by atoms with Crippen molar-refractivity contribution in [3.8, 4) is 5.75 Å². The van der Waals surface area contributed by atoms with Gasteiger partial charge in [0.1, 0.15) is 18.2 Å². The van der Waals surface area contributed by atoms with E-state index in [0.717, 1.165) is 28.9 Å². The summed E-state index contributed by atoms with van der Waals surface area (Å²) in [5.41, 5.74) is 0.882. The molecule has 2 aromatic rings. The fourth-order valence-electron chi connectivity index (χ4n) is 2.70. The van der Waals surface area contributed by atoms with Gasteiger partial charge in [0.25, 0.3) is 11.1 Å². The number of ether oxygens (including phenoxy) is 2. The zero-order valence-electron chi connectivity index (χ0n) is 15.2. The number of benzene rings is 1. The molecular weight excluding hydrogens is 366 g/mol. The van der Waals surface area contributed by atoms with Crippen molar-refractivity contribution < 1.29 is 19.1 Å². The minimum atomic E-state index is -1.20. The molecule has 2 amide bonds. The highest BCUT2D eigenvalue weighted by atomic mass is 32.2. The molecule has 1 N–H and O–H groups in total. The molecule has 1 saturated heterocycles. The Morgan fingerprint density at radius 2 is 1.96 bits per heavy atom. The van der Waals surface area contributed by atoms with E-state index < -0.39 is 10.8 Å². The van der Waals surface area contributed by atoms with Gasteiger partial charge in [-0.2, -0.15) is 0 Å². The van der Waals surface area contributed by atoms with Gasteiger partial charge in [-0.25, -0.2) is 4.98 Å². The number of thioether (sulfide) groups is 1. The molecule has 0 saturated carbocycles. The maximum absolute atomic E-state index is 12.0. The van der Waals surface area contributed by atoms with Crippen molar-refractivity contribution in [3.05, 3.63) is 54.2 Å². The monoisotopic (exact) mass is 387 g/mol. The quantitative estimate of drug-likeness (QED) is 0.745. The maximum atomic E-state index is 12.0. The van der Waals surface area contributed by atoms with Gasteiger partial charge < -0.3 is 14.4 Å². The van der Waals surface area contributed by atoms with E-state index in [-0.39, 0.29) is 5.24 Å². The normalized spacial score (nSPS) is 19.0. The van der Waals surface area contributed by atoms with E-state index in [0.29, 0.717) is 19.6 Å². The number of likely N-dealkylation sites (N-methyl/N-ethyl adjacent to an activating group) is 1. The number of nitrogens with one attached hydrogen (secondary N) is 1. The lowest BCUT2D eigenvalue weighted by Gasteiger charge is -2.22. The predicted octanol–water partition coefficient (Wildman–Crippen LogP) is 2.46. The molecule has 0 spiro atoms. The molecule has 8 heteroatoms. The lowest BCUT2D eigenvalue weighted by Crippen LogP contribution is -2.40. The van der Waals surface area contributed by atoms with Crippen molar-refractivity contribution in [2.45, 2.75) is 11.4 Å². The summed E-state index contributed by atoms with van der Waals surface area (Å²) in [5.74, 6) is 1.21. The number of hydrogen-bond donors (Lipinski definition) is 1. The molecular formula is C19H21N3O4S. The molecule has 1 fully saturated rings. The van der Waals surface area contributed by atoms with E-state index in [4.69, 9.17) is 9.47 Å². The standard InChI is InChI=1S/C19H21N3O4S/c1-22(16-5-3-4-10-20-16)11-12-26-15-8-6-14(7-9-15)13-19(25-2)17(23)21-18(24)27-19/h3-10H,11-13H2,1-2H3,(H,21,23,24). The molecule has 0 radical (unpaired) electrons. The van der Waals surface area contributed by atoms with Crippen LogP contribution in [0.4, 0.5) is 10.6 Å². The zero-order valence-corrected chi connectivity index (χ0v) is 16.0. The Bertz CT molecular complexity index is 800. The zero-order chi connectivity index (χ0) is 19.3. The number of hydrogen-bond acceptors (Lipinski definition) is 7. The van der Waals surface area contributed by atoms with Gasteiger partial charge in [0.05, 0.1) is 6.54 Å². The summed E-state index contributed by atoms with van der Waals surface area (Å²) in [5, 5.41) is 1.88. The third-order valence-corrected chi connectivity index (χ3v) is 5.36. The van der Waals surface area contributed by atoms with Gasteiger partial charge in [0.15, 0.2) is 0 Å². The highest BCUT2D eigenvalue weighted by Gasteiger charge is 2.48. The van der Waals surface area contributed by atoms with Crippen LogP contribution in [0.1, 0.15) is 5.56 Å². The van der Waals surface area contributed by atoms with Crippen LogP contribution in [0, 0.1) is 0 Å². The second-order valence-electron chi connectivity index (χ2n) is 6.08. The smallest absolute Gasteiger partial charge is 0.289 e. The van der Waals surface area contributed by atoms with Crippen LogP contribution in [-0.4, -0.2) is 48.4 Å².